The van der Waals surface area contributed by atoms with Gasteiger partial charge in [-0.05, 0) is 39.5 Å². The fraction of sp³-hybridized carbons (Fsp3) is 0.879. The van der Waals surface area contributed by atoms with Gasteiger partial charge >= 0.3 is 24.1 Å². The van der Waals surface area contributed by atoms with Crippen molar-refractivity contribution in [1.29, 1.82) is 0 Å². The maximum absolute atomic E-state index is 12.8. The molecule has 0 radical (unpaired) electrons. The Bertz CT molecular complexity index is 773. The maximum atomic E-state index is 12.8. The first-order valence-electron chi connectivity index (χ1n) is 17.0. The zero-order valence-corrected chi connectivity index (χ0v) is 28.7. The summed E-state index contributed by atoms with van der Waals surface area (Å²) in [6.45, 7) is 7.35. The summed E-state index contributed by atoms with van der Waals surface area (Å²) in [6, 6.07) is 0. The summed E-state index contributed by atoms with van der Waals surface area (Å²) in [5.41, 5.74) is 0. The van der Waals surface area contributed by atoms with Gasteiger partial charge in [-0.25, -0.2) is 9.59 Å². The number of rotatable bonds is 27. The van der Waals surface area contributed by atoms with Crippen LogP contribution in [0.1, 0.15) is 124 Å². The molecule has 2 N–H and O–H groups in total. The number of hydrogen-bond acceptors (Lipinski definition) is 8. The van der Waals surface area contributed by atoms with Crippen molar-refractivity contribution >= 4 is 24.1 Å². The summed E-state index contributed by atoms with van der Waals surface area (Å²) in [7, 11) is 5.97. The monoisotopic (exact) mass is 630 g/mol. The number of nitrogens with zero attached hydrogens (tertiary/aromatic N) is 1. The molecular weight excluding hydrogens is 566 g/mol. The number of esters is 2. The molecule has 0 aromatic heterocycles. The van der Waals surface area contributed by atoms with Crippen LogP contribution < -0.4 is 10.6 Å². The van der Waals surface area contributed by atoms with Crippen molar-refractivity contribution in [2.24, 2.45) is 0 Å². The van der Waals surface area contributed by atoms with Gasteiger partial charge in [0.15, 0.2) is 6.10 Å². The third-order valence-electron chi connectivity index (χ3n) is 7.02. The van der Waals surface area contributed by atoms with E-state index in [2.05, 4.69) is 17.6 Å². The zero-order chi connectivity index (χ0) is 33.1. The Morgan fingerprint density at radius 3 is 1.39 bits per heavy atom. The quantitative estimate of drug-likeness (QED) is 0.0470. The first kappa shape index (κ1) is 41.4. The Kier molecular flexibility index (Phi) is 25.2. The van der Waals surface area contributed by atoms with E-state index in [9.17, 15) is 19.2 Å². The minimum atomic E-state index is -0.673. The number of likely N-dealkylation sites (N-methyl/N-ethyl adjacent to an activating group) is 1. The van der Waals surface area contributed by atoms with Crippen molar-refractivity contribution in [3.63, 3.8) is 0 Å². The predicted octanol–water partition coefficient (Wildman–Crippen LogP) is 6.27. The van der Waals surface area contributed by atoms with Crippen LogP contribution in [-0.4, -0.2) is 94.8 Å². The summed E-state index contributed by atoms with van der Waals surface area (Å²) >= 11 is 0. The van der Waals surface area contributed by atoms with E-state index in [0.29, 0.717) is 43.5 Å². The number of nitrogens with one attached hydrogen (secondary N) is 2. The van der Waals surface area contributed by atoms with E-state index in [1.165, 1.54) is 51.4 Å². The van der Waals surface area contributed by atoms with E-state index in [0.717, 1.165) is 19.3 Å². The molecule has 0 bridgehead atoms. The summed E-state index contributed by atoms with van der Waals surface area (Å²) in [5.74, 6) is -0.610. The second-order valence-electron chi connectivity index (χ2n) is 12.4. The van der Waals surface area contributed by atoms with E-state index < -0.39 is 24.4 Å². The van der Waals surface area contributed by atoms with Crippen LogP contribution >= 0.6 is 0 Å². The highest BCUT2D eigenvalue weighted by atomic mass is 16.6. The Hall–Kier alpha value is -2.56. The second-order valence-corrected chi connectivity index (χ2v) is 12.4. The Labute approximate surface area is 267 Å². The van der Waals surface area contributed by atoms with Crippen LogP contribution in [-0.2, 0) is 28.5 Å². The number of ether oxygens (including phenoxy) is 4. The fourth-order valence-electron chi connectivity index (χ4n) is 4.77. The number of quaternary nitrogens is 1. The molecule has 0 fully saturated rings. The standard InChI is InChI=1S/C33H63N3O8/c1-7-10-11-12-13-14-15-16-17-18-19-22-28(43-32(39)34-25-20-23-30(37)41-8-2)29(27-36(4,5)6)44-33(40)35-26-21-24-31(38)42-9-3/h28-29H,7-27H2,1-6H3,(H-,34,35,39,40)/p+1. The molecule has 0 rings (SSSR count). The van der Waals surface area contributed by atoms with Crippen molar-refractivity contribution in [3.05, 3.63) is 0 Å². The summed E-state index contributed by atoms with van der Waals surface area (Å²) in [5, 5.41) is 5.42. The molecule has 258 valence electrons. The van der Waals surface area contributed by atoms with Crippen molar-refractivity contribution in [3.8, 4) is 0 Å². The molecule has 44 heavy (non-hydrogen) atoms. The van der Waals surface area contributed by atoms with E-state index in [-0.39, 0.29) is 37.9 Å². The highest BCUT2D eigenvalue weighted by molar-refractivity contribution is 5.70. The molecule has 11 heteroatoms. The summed E-state index contributed by atoms with van der Waals surface area (Å²) in [6.07, 6.45) is 12.5. The molecule has 0 heterocycles. The third-order valence-corrected chi connectivity index (χ3v) is 7.02. The highest BCUT2D eigenvalue weighted by Crippen LogP contribution is 2.18. The van der Waals surface area contributed by atoms with Crippen molar-refractivity contribution in [1.82, 2.24) is 10.6 Å². The number of carbonyl (C=O) groups excluding carboxylic acids is 4. The van der Waals surface area contributed by atoms with Gasteiger partial charge < -0.3 is 34.1 Å². The maximum Gasteiger partial charge on any atom is 0.407 e. The van der Waals surface area contributed by atoms with Crippen LogP contribution in [0.25, 0.3) is 0 Å². The molecule has 0 saturated heterocycles. The van der Waals surface area contributed by atoms with Crippen LogP contribution in [0, 0.1) is 0 Å². The number of amides is 2. The van der Waals surface area contributed by atoms with E-state index in [1.54, 1.807) is 13.8 Å². The van der Waals surface area contributed by atoms with Crippen LogP contribution in [0.5, 0.6) is 0 Å². The second kappa shape index (κ2) is 26.8. The molecule has 2 amide bonds. The van der Waals surface area contributed by atoms with Gasteiger partial charge in [0.2, 0.25) is 0 Å². The molecule has 2 atom stereocenters. The lowest BCUT2D eigenvalue weighted by Crippen LogP contribution is -2.50. The average Bonchev–Trinajstić information content (AvgIpc) is 2.95. The smallest absolute Gasteiger partial charge is 0.407 e. The zero-order valence-electron chi connectivity index (χ0n) is 28.7. The number of hydrogen-bond donors (Lipinski definition) is 2. The van der Waals surface area contributed by atoms with E-state index in [1.807, 2.05) is 21.1 Å². The lowest BCUT2D eigenvalue weighted by molar-refractivity contribution is -0.873. The molecule has 0 aromatic carbocycles. The van der Waals surface area contributed by atoms with Crippen molar-refractivity contribution in [2.75, 3.05) is 54.0 Å². The highest BCUT2D eigenvalue weighted by Gasteiger charge is 2.33. The lowest BCUT2D eigenvalue weighted by atomic mass is 10.0. The van der Waals surface area contributed by atoms with Gasteiger partial charge in [-0.2, -0.15) is 0 Å². The van der Waals surface area contributed by atoms with Gasteiger partial charge in [0, 0.05) is 25.9 Å². The SMILES string of the molecule is CCCCCCCCCCCCCC(OC(=O)NCCCC(=O)OCC)C(C[N+](C)(C)C)OC(=O)NCCCC(=O)OCC. The number of alkyl carbamates (subject to hydrolysis) is 2. The summed E-state index contributed by atoms with van der Waals surface area (Å²) in [4.78, 5) is 48.6. The van der Waals surface area contributed by atoms with Crippen molar-refractivity contribution in [2.45, 2.75) is 136 Å². The van der Waals surface area contributed by atoms with Gasteiger partial charge in [-0.1, -0.05) is 71.1 Å². The molecule has 0 aliphatic carbocycles. The topological polar surface area (TPSA) is 129 Å². The third kappa shape index (κ3) is 25.9. The van der Waals surface area contributed by atoms with E-state index in [4.69, 9.17) is 18.9 Å². The van der Waals surface area contributed by atoms with Crippen LogP contribution in [0.2, 0.25) is 0 Å². The van der Waals surface area contributed by atoms with Gasteiger partial charge in [0.25, 0.3) is 0 Å². The molecule has 0 aliphatic heterocycles. The van der Waals surface area contributed by atoms with Gasteiger partial charge in [-0.15, -0.1) is 0 Å². The first-order chi connectivity index (χ1) is 21.0. The van der Waals surface area contributed by atoms with Crippen LogP contribution in [0.4, 0.5) is 9.59 Å². The van der Waals surface area contributed by atoms with Gasteiger partial charge in [-0.3, -0.25) is 9.59 Å². The predicted molar refractivity (Wildman–Crippen MR) is 172 cm³/mol. The molecule has 0 saturated carbocycles. The molecule has 2 unspecified atom stereocenters. The molecular formula is C33H64N3O8+. The molecule has 0 aromatic rings. The van der Waals surface area contributed by atoms with E-state index >= 15 is 0 Å². The minimum Gasteiger partial charge on any atom is -0.466 e. The minimum absolute atomic E-state index is 0.206. The lowest BCUT2D eigenvalue weighted by Gasteiger charge is -2.33. The molecule has 0 aliphatic rings. The normalized spacial score (nSPS) is 12.6. The Morgan fingerprint density at radius 1 is 0.568 bits per heavy atom. The van der Waals surface area contributed by atoms with Crippen molar-refractivity contribution < 1.29 is 42.6 Å². The van der Waals surface area contributed by atoms with Crippen LogP contribution in [0.15, 0.2) is 0 Å². The Morgan fingerprint density at radius 2 is 0.977 bits per heavy atom. The Balaban J connectivity index is 5.07. The number of unbranched alkanes of at least 4 members (excludes halogenated alkanes) is 10. The first-order valence-corrected chi connectivity index (χ1v) is 17.0. The van der Waals surface area contributed by atoms with Gasteiger partial charge in [0.1, 0.15) is 12.6 Å². The largest absolute Gasteiger partial charge is 0.466 e. The number of carbonyl (C=O) groups is 4. The molecule has 11 nitrogen and oxygen atoms in total. The van der Waals surface area contributed by atoms with Crippen LogP contribution in [0.3, 0.4) is 0 Å². The average molecular weight is 631 g/mol. The summed E-state index contributed by atoms with van der Waals surface area (Å²) < 4.78 is 22.0. The molecule has 0 spiro atoms. The fourth-order valence-corrected chi connectivity index (χ4v) is 4.77. The van der Waals surface area contributed by atoms with Gasteiger partial charge in [0.05, 0.1) is 34.4 Å².